The first-order valence-electron chi connectivity index (χ1n) is 15.2. The van der Waals surface area contributed by atoms with E-state index in [0.717, 1.165) is 0 Å². The van der Waals surface area contributed by atoms with Crippen LogP contribution in [0.15, 0.2) is 48.1 Å². The Labute approximate surface area is 280 Å². The minimum atomic E-state index is -1.97. The molecule has 258 valence electrons. The van der Waals surface area contributed by atoms with Crippen LogP contribution in [0.3, 0.4) is 0 Å². The average molecular weight is 702 g/mol. The predicted octanol–water partition coefficient (Wildman–Crippen LogP) is 2.56. The molecule has 3 fully saturated rings. The van der Waals surface area contributed by atoms with Crippen molar-refractivity contribution in [3.8, 4) is 0 Å². The largest absolute Gasteiger partial charge is 0.394 e. The number of nitro groups is 1. The summed E-state index contributed by atoms with van der Waals surface area (Å²) in [5.41, 5.74) is -4.90. The monoisotopic (exact) mass is 700 g/mol. The van der Waals surface area contributed by atoms with Gasteiger partial charge in [-0.25, -0.2) is 4.39 Å². The minimum Gasteiger partial charge on any atom is -0.394 e. The Morgan fingerprint density at radius 3 is 2.34 bits per heavy atom. The van der Waals surface area contributed by atoms with E-state index in [0.29, 0.717) is 30.4 Å². The molecule has 12 nitrogen and oxygen atoms in total. The maximum atomic E-state index is 16.7. The highest BCUT2D eigenvalue weighted by molar-refractivity contribution is 6.53. The number of fused-ring (bicyclic) bond motifs is 5. The van der Waals surface area contributed by atoms with Crippen molar-refractivity contribution in [2.24, 2.45) is 22.7 Å². The molecule has 4 aliphatic carbocycles. The van der Waals surface area contributed by atoms with Gasteiger partial charge in [0.2, 0.25) is 0 Å². The third kappa shape index (κ3) is 6.16. The molecule has 6 N–H and O–H groups in total. The summed E-state index contributed by atoms with van der Waals surface area (Å²) in [6, 6.07) is 4.05. The number of hydrogen-bond donors (Lipinski definition) is 6. The van der Waals surface area contributed by atoms with Gasteiger partial charge in [0.05, 0.1) is 23.7 Å². The molecule has 0 spiro atoms. The SMILES string of the molecule is C[C@]12C=CC(=O)C=C1CC[C@H]1[C@@H]3CC[C@](O)(C(=O)CO)[C@@]3(C)C[C@H](O)[C@@]12F.O=C(N[C@H](CO)[C@H](O)c1ccc([N+](=O)[O-])cc1)C(Cl)Cl. The van der Waals surface area contributed by atoms with E-state index in [9.17, 15) is 44.9 Å². The number of benzene rings is 1. The first-order chi connectivity index (χ1) is 21.9. The Balaban J connectivity index is 0.000000224. The van der Waals surface area contributed by atoms with E-state index in [4.69, 9.17) is 28.3 Å². The van der Waals surface area contributed by atoms with Gasteiger partial charge < -0.3 is 30.8 Å². The maximum absolute atomic E-state index is 16.7. The summed E-state index contributed by atoms with van der Waals surface area (Å²) >= 11 is 10.7. The fraction of sp³-hybridized carbons (Fsp3) is 0.594. The number of nitrogens with zero attached hydrogens (tertiary/aromatic N) is 1. The molecule has 47 heavy (non-hydrogen) atoms. The Kier molecular flexibility index (Phi) is 10.7. The number of aliphatic hydroxyl groups excluding tert-OH is 4. The van der Waals surface area contributed by atoms with Gasteiger partial charge in [-0.2, -0.15) is 0 Å². The number of allylic oxidation sites excluding steroid dienone is 4. The quantitative estimate of drug-likeness (QED) is 0.133. The van der Waals surface area contributed by atoms with Crippen LogP contribution in [0.4, 0.5) is 10.1 Å². The number of ketones is 2. The Morgan fingerprint density at radius 2 is 1.79 bits per heavy atom. The van der Waals surface area contributed by atoms with Gasteiger partial charge in [0.25, 0.3) is 11.6 Å². The van der Waals surface area contributed by atoms with Gasteiger partial charge >= 0.3 is 0 Å². The molecule has 9 atom stereocenters. The van der Waals surface area contributed by atoms with Gasteiger partial charge in [-0.3, -0.25) is 24.5 Å². The third-order valence-electron chi connectivity index (χ3n) is 10.9. The fourth-order valence-corrected chi connectivity index (χ4v) is 8.43. The van der Waals surface area contributed by atoms with E-state index in [1.807, 2.05) is 0 Å². The van der Waals surface area contributed by atoms with E-state index >= 15 is 4.39 Å². The van der Waals surface area contributed by atoms with Crippen LogP contribution in [0, 0.1) is 32.8 Å². The average Bonchev–Trinajstić information content (AvgIpc) is 3.30. The molecule has 1 aromatic rings. The molecule has 15 heteroatoms. The molecule has 4 aliphatic rings. The summed E-state index contributed by atoms with van der Waals surface area (Å²) in [6.07, 6.45) is 3.39. The van der Waals surface area contributed by atoms with E-state index in [2.05, 4.69) is 5.32 Å². The lowest BCUT2D eigenvalue weighted by Crippen LogP contribution is -2.69. The second-order valence-corrected chi connectivity index (χ2v) is 14.2. The second-order valence-electron chi connectivity index (χ2n) is 13.1. The fourth-order valence-electron chi connectivity index (χ4n) is 8.30. The van der Waals surface area contributed by atoms with E-state index < -0.39 is 80.9 Å². The topological polar surface area (TPSA) is 208 Å². The van der Waals surface area contributed by atoms with Crippen LogP contribution >= 0.6 is 23.2 Å². The van der Waals surface area contributed by atoms with Crippen molar-refractivity contribution in [1.82, 2.24) is 5.32 Å². The number of amides is 1. The highest BCUT2D eigenvalue weighted by Gasteiger charge is 2.74. The zero-order valence-corrected chi connectivity index (χ0v) is 27.3. The molecule has 0 aliphatic heterocycles. The van der Waals surface area contributed by atoms with E-state index in [1.165, 1.54) is 36.4 Å². The summed E-state index contributed by atoms with van der Waals surface area (Å²) in [5, 5.41) is 63.4. The molecule has 3 saturated carbocycles. The smallest absolute Gasteiger partial charge is 0.269 e. The number of nitrogens with one attached hydrogen (secondary N) is 1. The molecule has 0 heterocycles. The van der Waals surface area contributed by atoms with Crippen molar-refractivity contribution in [3.63, 3.8) is 0 Å². The number of non-ortho nitro benzene ring substituents is 1. The van der Waals surface area contributed by atoms with Crippen molar-refractivity contribution in [2.45, 2.75) is 80.3 Å². The molecule has 1 amide bonds. The minimum absolute atomic E-state index is 0.0580. The highest BCUT2D eigenvalue weighted by Crippen LogP contribution is 2.69. The molecule has 5 rings (SSSR count). The number of hydrogen-bond acceptors (Lipinski definition) is 10. The Hall–Kier alpha value is -2.78. The third-order valence-corrected chi connectivity index (χ3v) is 11.3. The van der Waals surface area contributed by atoms with Crippen molar-refractivity contribution >= 4 is 46.4 Å². The summed E-state index contributed by atoms with van der Waals surface area (Å²) in [6.45, 7) is 2.16. The van der Waals surface area contributed by atoms with E-state index in [-0.39, 0.29) is 30.2 Å². The summed E-state index contributed by atoms with van der Waals surface area (Å²) in [4.78, 5) is 44.0. The molecule has 0 bridgehead atoms. The molecule has 0 radical (unpaired) electrons. The van der Waals surface area contributed by atoms with Crippen LogP contribution < -0.4 is 5.32 Å². The zero-order chi connectivity index (χ0) is 35.1. The van der Waals surface area contributed by atoms with Gasteiger partial charge in [0.15, 0.2) is 22.1 Å². The Morgan fingerprint density at radius 1 is 1.15 bits per heavy atom. The lowest BCUT2D eigenvalue weighted by Gasteiger charge is -2.62. The number of Topliss-reactive ketones (excluding diaryl/α,β-unsaturated/α-hetero) is 1. The summed E-state index contributed by atoms with van der Waals surface area (Å²) in [7, 11) is 0. The molecule has 0 unspecified atom stereocenters. The standard InChI is InChI=1S/C21H27FO5.C11H12Cl2N2O5/c1-18-7-5-13(24)9-12(18)3-4-15-14-6-8-20(27,17(26)11-23)19(14,2)10-16(25)21(15,18)22;12-10(13)11(18)14-8(5-16)9(17)6-1-3-7(4-2-6)15(19)20/h5,7,9,14-16,23,25,27H,3-4,6,8,10-11H2,1-2H3;1-4,8-10,16-17H,5H2,(H,14,18)/t14-,15-,16-,18-,19-,20-,21-;8-,9-/m01/s1. The lowest BCUT2D eigenvalue weighted by atomic mass is 9.44. The normalized spacial score (nSPS) is 35.3. The number of halogens is 3. The molecular formula is C32H39Cl2FN2O10. The number of alkyl halides is 3. The number of carbonyl (C=O) groups excluding carboxylic acids is 3. The number of rotatable bonds is 8. The van der Waals surface area contributed by atoms with E-state index in [1.54, 1.807) is 19.9 Å². The van der Waals surface area contributed by atoms with Crippen LogP contribution in [0.1, 0.15) is 57.6 Å². The van der Waals surface area contributed by atoms with Crippen molar-refractivity contribution in [3.05, 3.63) is 63.7 Å². The first-order valence-corrected chi connectivity index (χ1v) is 16.1. The molecular weight excluding hydrogens is 662 g/mol. The summed E-state index contributed by atoms with van der Waals surface area (Å²) in [5.74, 6) is -2.39. The molecule has 0 aromatic heterocycles. The Bertz CT molecular complexity index is 1470. The van der Waals surface area contributed by atoms with Crippen molar-refractivity contribution in [1.29, 1.82) is 0 Å². The van der Waals surface area contributed by atoms with Crippen LogP contribution in [0.5, 0.6) is 0 Å². The predicted molar refractivity (Wildman–Crippen MR) is 168 cm³/mol. The summed E-state index contributed by atoms with van der Waals surface area (Å²) < 4.78 is 16.7. The zero-order valence-electron chi connectivity index (χ0n) is 25.8. The second kappa shape index (κ2) is 13.6. The van der Waals surface area contributed by atoms with Crippen LogP contribution in [0.2, 0.25) is 0 Å². The highest BCUT2D eigenvalue weighted by atomic mass is 35.5. The number of nitro benzene ring substituents is 1. The van der Waals surface area contributed by atoms with Crippen molar-refractivity contribution in [2.75, 3.05) is 13.2 Å². The molecule has 1 aromatic carbocycles. The van der Waals surface area contributed by atoms with Gasteiger partial charge in [-0.05, 0) is 74.8 Å². The number of carbonyl (C=O) groups is 3. The van der Waals surface area contributed by atoms with Gasteiger partial charge in [-0.15, -0.1) is 0 Å². The van der Waals surface area contributed by atoms with Gasteiger partial charge in [0.1, 0.15) is 18.3 Å². The van der Waals surface area contributed by atoms with Crippen LogP contribution in [-0.2, 0) is 14.4 Å². The van der Waals surface area contributed by atoms with Crippen molar-refractivity contribution < 1.29 is 49.2 Å². The molecule has 0 saturated heterocycles. The van der Waals surface area contributed by atoms with Crippen LogP contribution in [0.25, 0.3) is 0 Å². The number of aliphatic hydroxyl groups is 5. The first kappa shape index (κ1) is 37.0. The van der Waals surface area contributed by atoms with Gasteiger partial charge in [-0.1, -0.05) is 41.8 Å². The van der Waals surface area contributed by atoms with Crippen LogP contribution in [-0.4, -0.2) is 89.4 Å². The maximum Gasteiger partial charge on any atom is 0.269 e. The lowest BCUT2D eigenvalue weighted by molar-refractivity contribution is -0.384. The van der Waals surface area contributed by atoms with Gasteiger partial charge in [0, 0.05) is 28.9 Å².